The second kappa shape index (κ2) is 14.2. The minimum atomic E-state index is -0.403. The van der Waals surface area contributed by atoms with E-state index in [1.807, 2.05) is 11.0 Å². The van der Waals surface area contributed by atoms with Crippen molar-refractivity contribution < 1.29 is 14.4 Å². The monoisotopic (exact) mass is 571 g/mol. The molecule has 0 aliphatic heterocycles. The summed E-state index contributed by atoms with van der Waals surface area (Å²) >= 11 is 11.8. The number of aryl methyl sites for hydroxylation is 1. The highest BCUT2D eigenvalue weighted by Gasteiger charge is 2.15. The van der Waals surface area contributed by atoms with E-state index in [1.54, 1.807) is 66.3 Å². The van der Waals surface area contributed by atoms with Crippen molar-refractivity contribution in [2.45, 2.75) is 6.42 Å². The van der Waals surface area contributed by atoms with Gasteiger partial charge in [0.2, 0.25) is 0 Å². The number of halogens is 2. The third-order valence-corrected chi connectivity index (χ3v) is 6.08. The van der Waals surface area contributed by atoms with Crippen LogP contribution in [0.4, 0.5) is 17.1 Å². The average Bonchev–Trinajstić information content (AvgIpc) is 3.28. The van der Waals surface area contributed by atoms with Crippen LogP contribution in [0.3, 0.4) is 0 Å². The van der Waals surface area contributed by atoms with Crippen molar-refractivity contribution in [3.8, 4) is 0 Å². The molecule has 10 nitrogen and oxygen atoms in total. The molecule has 39 heavy (non-hydrogen) atoms. The number of nitrogens with two attached hydrogens (primary N) is 1. The third-order valence-electron chi connectivity index (χ3n) is 5.74. The molecule has 0 fully saturated rings. The van der Waals surface area contributed by atoms with Crippen LogP contribution in [-0.4, -0.2) is 59.5 Å². The van der Waals surface area contributed by atoms with Gasteiger partial charge in [0.25, 0.3) is 17.7 Å². The average molecular weight is 572 g/mol. The minimum Gasteiger partial charge on any atom is -0.388 e. The molecule has 0 spiro atoms. The number of rotatable bonds is 13. The summed E-state index contributed by atoms with van der Waals surface area (Å²) in [6, 6.07) is 15.3. The standard InChI is InChI=1S/C27H31Cl2N7O3/c1-35-17-21(16-23(35)27(39)32-11-8-24(30)31)34-25(37)18-4-2-6-20(14-18)33-26(38)19-5-3-7-22(15-19)36(12-9-28)13-10-29/h2-7,14-17H,8-13H2,1H3,(H3,30,31)(H,32,39)(H,33,38)(H,34,37). The predicted molar refractivity (Wildman–Crippen MR) is 157 cm³/mol. The Kier molecular flexibility index (Phi) is 10.8. The number of nitrogens with one attached hydrogen (secondary N) is 4. The van der Waals surface area contributed by atoms with Crippen LogP contribution in [0, 0.1) is 5.41 Å². The fraction of sp³-hybridized carbons (Fsp3) is 0.259. The number of anilines is 3. The number of aromatic nitrogens is 1. The lowest BCUT2D eigenvalue weighted by Crippen LogP contribution is -2.28. The number of hydrogen-bond acceptors (Lipinski definition) is 5. The molecule has 0 bridgehead atoms. The van der Waals surface area contributed by atoms with Gasteiger partial charge in [-0.1, -0.05) is 12.1 Å². The van der Waals surface area contributed by atoms with Crippen LogP contribution in [-0.2, 0) is 7.05 Å². The number of nitrogens with zero attached hydrogens (tertiary/aromatic N) is 2. The smallest absolute Gasteiger partial charge is 0.267 e. The van der Waals surface area contributed by atoms with E-state index in [0.29, 0.717) is 53.0 Å². The molecule has 206 valence electrons. The van der Waals surface area contributed by atoms with Gasteiger partial charge in [-0.15, -0.1) is 23.2 Å². The van der Waals surface area contributed by atoms with Crippen LogP contribution in [0.1, 0.15) is 37.6 Å². The molecular weight excluding hydrogens is 541 g/mol. The van der Waals surface area contributed by atoms with Crippen LogP contribution < -0.4 is 26.6 Å². The van der Waals surface area contributed by atoms with Crippen molar-refractivity contribution in [2.24, 2.45) is 12.8 Å². The van der Waals surface area contributed by atoms with Crippen LogP contribution in [0.5, 0.6) is 0 Å². The van der Waals surface area contributed by atoms with Crippen LogP contribution in [0.25, 0.3) is 0 Å². The van der Waals surface area contributed by atoms with Crippen molar-refractivity contribution in [3.63, 3.8) is 0 Å². The summed E-state index contributed by atoms with van der Waals surface area (Å²) in [6.45, 7) is 1.44. The first-order valence-corrected chi connectivity index (χ1v) is 13.3. The number of benzene rings is 2. The largest absolute Gasteiger partial charge is 0.388 e. The van der Waals surface area contributed by atoms with Crippen molar-refractivity contribution in [1.82, 2.24) is 9.88 Å². The molecule has 0 saturated heterocycles. The lowest BCUT2D eigenvalue weighted by molar-refractivity contribution is 0.0945. The summed E-state index contributed by atoms with van der Waals surface area (Å²) in [7, 11) is 1.69. The summed E-state index contributed by atoms with van der Waals surface area (Å²) < 4.78 is 1.59. The molecule has 0 unspecified atom stereocenters. The number of carbonyl (C=O) groups excluding carboxylic acids is 3. The number of alkyl halides is 2. The zero-order chi connectivity index (χ0) is 28.4. The van der Waals surface area contributed by atoms with E-state index >= 15 is 0 Å². The first kappa shape index (κ1) is 29.5. The zero-order valence-corrected chi connectivity index (χ0v) is 23.0. The zero-order valence-electron chi connectivity index (χ0n) is 21.5. The highest BCUT2D eigenvalue weighted by Crippen LogP contribution is 2.20. The number of carbonyl (C=O) groups is 3. The summed E-state index contributed by atoms with van der Waals surface area (Å²) in [5.41, 5.74) is 8.16. The highest BCUT2D eigenvalue weighted by molar-refractivity contribution is 6.18. The van der Waals surface area contributed by atoms with E-state index in [9.17, 15) is 14.4 Å². The summed E-state index contributed by atoms with van der Waals surface area (Å²) in [5.74, 6) is -0.226. The van der Waals surface area contributed by atoms with Crippen LogP contribution in [0.15, 0.2) is 60.8 Å². The Hall–Kier alpha value is -4.02. The van der Waals surface area contributed by atoms with Crippen molar-refractivity contribution in [2.75, 3.05) is 46.9 Å². The molecule has 3 aromatic rings. The number of amidine groups is 1. The van der Waals surface area contributed by atoms with E-state index < -0.39 is 5.91 Å². The van der Waals surface area contributed by atoms with Gasteiger partial charge in [0, 0.05) is 73.6 Å². The van der Waals surface area contributed by atoms with E-state index in [0.717, 1.165) is 5.69 Å². The lowest BCUT2D eigenvalue weighted by Gasteiger charge is -2.23. The molecule has 1 heterocycles. The molecular formula is C27H31Cl2N7O3. The number of amides is 3. The Morgan fingerprint density at radius 2 is 1.51 bits per heavy atom. The van der Waals surface area contributed by atoms with Crippen LogP contribution in [0.2, 0.25) is 0 Å². The topological polar surface area (TPSA) is 145 Å². The fourth-order valence-electron chi connectivity index (χ4n) is 3.82. The Morgan fingerprint density at radius 1 is 0.897 bits per heavy atom. The summed E-state index contributed by atoms with van der Waals surface area (Å²) in [4.78, 5) is 40.3. The molecule has 2 aromatic carbocycles. The van der Waals surface area contributed by atoms with E-state index in [-0.39, 0.29) is 30.6 Å². The second-order valence-corrected chi connectivity index (χ2v) is 9.42. The maximum absolute atomic E-state index is 13.0. The molecule has 0 atom stereocenters. The van der Waals surface area contributed by atoms with Crippen molar-refractivity contribution >= 4 is 63.8 Å². The van der Waals surface area contributed by atoms with Gasteiger partial charge >= 0.3 is 0 Å². The summed E-state index contributed by atoms with van der Waals surface area (Å²) in [6.07, 6.45) is 1.87. The van der Waals surface area contributed by atoms with Gasteiger partial charge in [-0.3, -0.25) is 19.8 Å². The normalized spacial score (nSPS) is 10.5. The minimum absolute atomic E-state index is 0.0155. The molecule has 0 radical (unpaired) electrons. The predicted octanol–water partition coefficient (Wildman–Crippen LogP) is 3.87. The fourth-order valence-corrected chi connectivity index (χ4v) is 4.23. The lowest BCUT2D eigenvalue weighted by atomic mass is 10.1. The van der Waals surface area contributed by atoms with E-state index in [2.05, 4.69) is 16.0 Å². The highest BCUT2D eigenvalue weighted by atomic mass is 35.5. The number of hydrogen-bond donors (Lipinski definition) is 5. The Morgan fingerprint density at radius 3 is 2.15 bits per heavy atom. The molecule has 3 amide bonds. The van der Waals surface area contributed by atoms with Crippen LogP contribution >= 0.6 is 23.2 Å². The van der Waals surface area contributed by atoms with Crippen molar-refractivity contribution in [1.29, 1.82) is 5.41 Å². The van der Waals surface area contributed by atoms with Gasteiger partial charge in [-0.2, -0.15) is 0 Å². The molecule has 0 aliphatic carbocycles. The van der Waals surface area contributed by atoms with Gasteiger partial charge in [0.1, 0.15) is 5.69 Å². The third kappa shape index (κ3) is 8.49. The first-order chi connectivity index (χ1) is 18.7. The molecule has 6 N–H and O–H groups in total. The molecule has 0 saturated carbocycles. The molecule has 0 aliphatic rings. The SMILES string of the molecule is Cn1cc(NC(=O)c2cccc(NC(=O)c3cccc(N(CCCl)CCCl)c3)c2)cc1C(=O)NCCC(=N)N. The Labute approximate surface area is 237 Å². The first-order valence-electron chi connectivity index (χ1n) is 12.2. The quantitative estimate of drug-likeness (QED) is 0.120. The molecule has 12 heteroatoms. The van der Waals surface area contributed by atoms with Gasteiger partial charge in [-0.05, 0) is 42.5 Å². The molecule has 1 aromatic heterocycles. The van der Waals surface area contributed by atoms with E-state index in [4.69, 9.17) is 34.3 Å². The maximum atomic E-state index is 13.0. The summed E-state index contributed by atoms with van der Waals surface area (Å²) in [5, 5.41) is 15.5. The Bertz CT molecular complexity index is 1340. The Balaban J connectivity index is 1.66. The van der Waals surface area contributed by atoms with Crippen molar-refractivity contribution in [3.05, 3.63) is 77.6 Å². The van der Waals surface area contributed by atoms with Gasteiger partial charge in [0.15, 0.2) is 0 Å². The van der Waals surface area contributed by atoms with Gasteiger partial charge in [0.05, 0.1) is 11.5 Å². The van der Waals surface area contributed by atoms with Gasteiger partial charge in [-0.25, -0.2) is 0 Å². The van der Waals surface area contributed by atoms with Gasteiger partial charge < -0.3 is 31.2 Å². The second-order valence-electron chi connectivity index (χ2n) is 8.66. The molecule has 3 rings (SSSR count). The van der Waals surface area contributed by atoms with E-state index in [1.165, 1.54) is 0 Å². The maximum Gasteiger partial charge on any atom is 0.267 e.